The third-order valence-electron chi connectivity index (χ3n) is 4.12. The van der Waals surface area contributed by atoms with Crippen molar-refractivity contribution in [3.63, 3.8) is 0 Å². The van der Waals surface area contributed by atoms with Gasteiger partial charge < -0.3 is 10.2 Å². The molecule has 0 radical (unpaired) electrons. The highest BCUT2D eigenvalue weighted by atomic mass is 32.2. The number of nitrogens with zero attached hydrogens (tertiary/aromatic N) is 1. The Morgan fingerprint density at radius 3 is 2.47 bits per heavy atom. The molecule has 19 heavy (non-hydrogen) atoms. The lowest BCUT2D eigenvalue weighted by Crippen LogP contribution is -2.48. The smallest absolute Gasteiger partial charge is 0.312 e. The van der Waals surface area contributed by atoms with E-state index in [-0.39, 0.29) is 6.04 Å². The summed E-state index contributed by atoms with van der Waals surface area (Å²) >= 11 is 1.95. The van der Waals surface area contributed by atoms with Gasteiger partial charge in [-0.25, -0.2) is 0 Å². The quantitative estimate of drug-likeness (QED) is 0.859. The maximum Gasteiger partial charge on any atom is 0.393 e. The van der Waals surface area contributed by atoms with Crippen LogP contribution in [0.5, 0.6) is 0 Å². The summed E-state index contributed by atoms with van der Waals surface area (Å²) in [5.74, 6) is 1.15. The fourth-order valence-corrected chi connectivity index (χ4v) is 3.98. The van der Waals surface area contributed by atoms with Crippen molar-refractivity contribution in [3.05, 3.63) is 0 Å². The maximum absolute atomic E-state index is 12.9. The van der Waals surface area contributed by atoms with Crippen LogP contribution < -0.4 is 5.32 Å². The molecule has 2 fully saturated rings. The first-order valence-electron chi connectivity index (χ1n) is 7.17. The lowest BCUT2D eigenvalue weighted by atomic mass is 9.84. The molecule has 1 aliphatic carbocycles. The second kappa shape index (κ2) is 7.18. The van der Waals surface area contributed by atoms with Gasteiger partial charge in [0.15, 0.2) is 0 Å². The molecule has 1 N–H and O–H groups in total. The van der Waals surface area contributed by atoms with E-state index < -0.39 is 12.1 Å². The van der Waals surface area contributed by atoms with Gasteiger partial charge in [-0.2, -0.15) is 24.9 Å². The Hall–Kier alpha value is 0.0600. The van der Waals surface area contributed by atoms with E-state index in [1.807, 2.05) is 11.8 Å². The number of nitrogens with one attached hydrogen (secondary N) is 1. The van der Waals surface area contributed by atoms with E-state index in [2.05, 4.69) is 10.2 Å². The molecule has 0 bridgehead atoms. The molecule has 1 saturated carbocycles. The Morgan fingerprint density at radius 2 is 1.79 bits per heavy atom. The van der Waals surface area contributed by atoms with Gasteiger partial charge in [-0.05, 0) is 12.8 Å². The monoisotopic (exact) mass is 296 g/mol. The maximum atomic E-state index is 12.9. The van der Waals surface area contributed by atoms with Crippen molar-refractivity contribution in [2.24, 2.45) is 5.92 Å². The Balaban J connectivity index is 1.73. The fourth-order valence-electron chi connectivity index (χ4n) is 3.00. The van der Waals surface area contributed by atoms with E-state index >= 15 is 0 Å². The SMILES string of the molecule is FC(F)(F)C1CCCCC1NCCN1CCSCC1. The highest BCUT2D eigenvalue weighted by Gasteiger charge is 2.45. The van der Waals surface area contributed by atoms with Gasteiger partial charge in [0.1, 0.15) is 0 Å². The summed E-state index contributed by atoms with van der Waals surface area (Å²) in [4.78, 5) is 2.34. The van der Waals surface area contributed by atoms with Crippen LogP contribution in [0.1, 0.15) is 25.7 Å². The Morgan fingerprint density at radius 1 is 1.11 bits per heavy atom. The number of hydrogen-bond donors (Lipinski definition) is 1. The van der Waals surface area contributed by atoms with Gasteiger partial charge in [0, 0.05) is 43.7 Å². The normalized spacial score (nSPS) is 30.5. The average molecular weight is 296 g/mol. The second-order valence-corrected chi connectivity index (χ2v) is 6.67. The topological polar surface area (TPSA) is 15.3 Å². The summed E-state index contributed by atoms with van der Waals surface area (Å²) in [5.41, 5.74) is 0. The molecule has 0 amide bonds. The molecule has 2 nitrogen and oxygen atoms in total. The zero-order chi connectivity index (χ0) is 13.7. The molecule has 1 heterocycles. The van der Waals surface area contributed by atoms with Crippen LogP contribution in [0.25, 0.3) is 0 Å². The number of alkyl halides is 3. The van der Waals surface area contributed by atoms with Crippen LogP contribution in [-0.4, -0.2) is 54.8 Å². The number of halogens is 3. The summed E-state index contributed by atoms with van der Waals surface area (Å²) in [5, 5.41) is 3.16. The highest BCUT2D eigenvalue weighted by Crippen LogP contribution is 2.37. The Bertz CT molecular complexity index is 267. The summed E-state index contributed by atoms with van der Waals surface area (Å²) in [6.07, 6.45) is -1.45. The van der Waals surface area contributed by atoms with E-state index in [0.717, 1.165) is 37.6 Å². The Kier molecular flexibility index (Phi) is 5.84. The van der Waals surface area contributed by atoms with E-state index in [0.29, 0.717) is 25.8 Å². The summed E-state index contributed by atoms with van der Waals surface area (Å²) in [6, 6.07) is -0.368. The van der Waals surface area contributed by atoms with E-state index in [1.54, 1.807) is 0 Å². The molecule has 1 aliphatic heterocycles. The number of thioether (sulfide) groups is 1. The molecule has 2 unspecified atom stereocenters. The molecule has 2 rings (SSSR count). The summed E-state index contributed by atoms with van der Waals surface area (Å²) < 4.78 is 38.8. The van der Waals surface area contributed by atoms with Gasteiger partial charge in [-0.15, -0.1) is 0 Å². The largest absolute Gasteiger partial charge is 0.393 e. The minimum Gasteiger partial charge on any atom is -0.312 e. The first-order chi connectivity index (χ1) is 9.07. The van der Waals surface area contributed by atoms with Crippen LogP contribution in [0.2, 0.25) is 0 Å². The first-order valence-corrected chi connectivity index (χ1v) is 8.33. The molecule has 2 aliphatic rings. The molecule has 2 atom stereocenters. The standard InChI is InChI=1S/C13H23F3N2S/c14-13(15,16)11-3-1-2-4-12(11)17-5-6-18-7-9-19-10-8-18/h11-12,17H,1-10H2. The van der Waals surface area contributed by atoms with E-state index in [1.165, 1.54) is 0 Å². The lowest BCUT2D eigenvalue weighted by molar-refractivity contribution is -0.188. The molecule has 0 aromatic carbocycles. The molecule has 6 heteroatoms. The molecule has 0 aromatic heterocycles. The predicted molar refractivity (Wildman–Crippen MR) is 73.6 cm³/mol. The van der Waals surface area contributed by atoms with Crippen LogP contribution >= 0.6 is 11.8 Å². The number of hydrogen-bond acceptors (Lipinski definition) is 3. The Labute approximate surface area is 117 Å². The van der Waals surface area contributed by atoms with Gasteiger partial charge in [-0.1, -0.05) is 12.8 Å². The molecular weight excluding hydrogens is 273 g/mol. The molecular formula is C13H23F3N2S. The highest BCUT2D eigenvalue weighted by molar-refractivity contribution is 7.99. The molecule has 0 spiro atoms. The van der Waals surface area contributed by atoms with Crippen molar-refractivity contribution in [2.45, 2.75) is 37.9 Å². The van der Waals surface area contributed by atoms with Gasteiger partial charge in [0.2, 0.25) is 0 Å². The van der Waals surface area contributed by atoms with Gasteiger partial charge in [0.05, 0.1) is 5.92 Å². The predicted octanol–water partition coefficient (Wildman–Crippen LogP) is 2.75. The third kappa shape index (κ3) is 4.83. The lowest BCUT2D eigenvalue weighted by Gasteiger charge is -2.34. The van der Waals surface area contributed by atoms with Gasteiger partial charge >= 0.3 is 6.18 Å². The van der Waals surface area contributed by atoms with Crippen LogP contribution in [0.15, 0.2) is 0 Å². The first kappa shape index (κ1) is 15.4. The molecule has 112 valence electrons. The average Bonchev–Trinajstić information content (AvgIpc) is 2.39. The molecule has 1 saturated heterocycles. The van der Waals surface area contributed by atoms with E-state index in [4.69, 9.17) is 0 Å². The van der Waals surface area contributed by atoms with Crippen LogP contribution in [0.3, 0.4) is 0 Å². The van der Waals surface area contributed by atoms with Crippen molar-refractivity contribution >= 4 is 11.8 Å². The zero-order valence-electron chi connectivity index (χ0n) is 11.2. The van der Waals surface area contributed by atoms with Crippen molar-refractivity contribution in [3.8, 4) is 0 Å². The van der Waals surface area contributed by atoms with Crippen molar-refractivity contribution in [2.75, 3.05) is 37.7 Å². The minimum absolute atomic E-state index is 0.293. The zero-order valence-corrected chi connectivity index (χ0v) is 12.0. The van der Waals surface area contributed by atoms with Crippen molar-refractivity contribution in [1.29, 1.82) is 0 Å². The van der Waals surface area contributed by atoms with Gasteiger partial charge in [0.25, 0.3) is 0 Å². The van der Waals surface area contributed by atoms with Gasteiger partial charge in [-0.3, -0.25) is 0 Å². The number of rotatable bonds is 4. The molecule has 0 aromatic rings. The summed E-state index contributed by atoms with van der Waals surface area (Å²) in [7, 11) is 0. The van der Waals surface area contributed by atoms with E-state index in [9.17, 15) is 13.2 Å². The van der Waals surface area contributed by atoms with Crippen LogP contribution in [-0.2, 0) is 0 Å². The second-order valence-electron chi connectivity index (χ2n) is 5.45. The summed E-state index contributed by atoms with van der Waals surface area (Å²) in [6.45, 7) is 3.70. The minimum atomic E-state index is -4.04. The third-order valence-corrected chi connectivity index (χ3v) is 5.07. The van der Waals surface area contributed by atoms with Crippen LogP contribution in [0, 0.1) is 5.92 Å². The van der Waals surface area contributed by atoms with Crippen molar-refractivity contribution < 1.29 is 13.2 Å². The van der Waals surface area contributed by atoms with Crippen molar-refractivity contribution in [1.82, 2.24) is 10.2 Å². The van der Waals surface area contributed by atoms with Crippen LogP contribution in [0.4, 0.5) is 13.2 Å². The fraction of sp³-hybridized carbons (Fsp3) is 1.00.